The van der Waals surface area contributed by atoms with E-state index < -0.39 is 11.9 Å². The first-order chi connectivity index (χ1) is 11.1. The number of rotatable bonds is 5. The van der Waals surface area contributed by atoms with Gasteiger partial charge < -0.3 is 10.6 Å². The highest BCUT2D eigenvalue weighted by molar-refractivity contribution is 6.01. The van der Waals surface area contributed by atoms with Crippen molar-refractivity contribution in [3.63, 3.8) is 0 Å². The lowest BCUT2D eigenvalue weighted by atomic mass is 10.1. The summed E-state index contributed by atoms with van der Waals surface area (Å²) in [6.07, 6.45) is 0. The number of para-hydroxylation sites is 1. The van der Waals surface area contributed by atoms with Crippen LogP contribution in [0, 0.1) is 5.82 Å². The Morgan fingerprint density at radius 3 is 2.39 bits per heavy atom. The zero-order valence-corrected chi connectivity index (χ0v) is 12.7. The number of hydrogen-bond donors (Lipinski definition) is 3. The van der Waals surface area contributed by atoms with Crippen LogP contribution in [0.15, 0.2) is 54.6 Å². The van der Waals surface area contributed by atoms with Crippen molar-refractivity contribution in [3.05, 3.63) is 66.0 Å². The van der Waals surface area contributed by atoms with Gasteiger partial charge in [0, 0.05) is 17.3 Å². The fourth-order valence-electron chi connectivity index (χ4n) is 2.04. The molecule has 23 heavy (non-hydrogen) atoms. The largest absolute Gasteiger partial charge is 0.325 e. The summed E-state index contributed by atoms with van der Waals surface area (Å²) in [7, 11) is 0. The van der Waals surface area contributed by atoms with E-state index in [9.17, 15) is 14.0 Å². The highest BCUT2D eigenvalue weighted by Gasteiger charge is 2.13. The number of urea groups is 1. The van der Waals surface area contributed by atoms with Crippen molar-refractivity contribution in [2.45, 2.75) is 13.0 Å². The van der Waals surface area contributed by atoms with Crippen molar-refractivity contribution in [1.82, 2.24) is 10.6 Å². The van der Waals surface area contributed by atoms with Gasteiger partial charge in [-0.05, 0) is 25.1 Å². The van der Waals surface area contributed by atoms with Crippen molar-refractivity contribution in [2.24, 2.45) is 0 Å². The number of benzene rings is 2. The third-order valence-corrected chi connectivity index (χ3v) is 3.23. The standard InChI is InChI=1S/C17H18FN3O2/c1-12(14-9-5-6-10-15(14)18)19-11-16(22)21-17(23)20-13-7-3-2-4-8-13/h2-10,12,19H,11H2,1H3,(H2,20,21,22,23). The summed E-state index contributed by atoms with van der Waals surface area (Å²) < 4.78 is 13.6. The molecule has 2 aromatic carbocycles. The smallest absolute Gasteiger partial charge is 0.308 e. The second-order valence-corrected chi connectivity index (χ2v) is 4.99. The average Bonchev–Trinajstić information content (AvgIpc) is 2.54. The van der Waals surface area contributed by atoms with Crippen LogP contribution in [-0.4, -0.2) is 18.5 Å². The maximum atomic E-state index is 13.6. The van der Waals surface area contributed by atoms with Gasteiger partial charge in [0.15, 0.2) is 0 Å². The molecule has 5 nitrogen and oxygen atoms in total. The fourth-order valence-corrected chi connectivity index (χ4v) is 2.04. The van der Waals surface area contributed by atoms with E-state index in [1.54, 1.807) is 49.4 Å². The van der Waals surface area contributed by atoms with Crippen molar-refractivity contribution in [2.75, 3.05) is 11.9 Å². The van der Waals surface area contributed by atoms with E-state index in [1.807, 2.05) is 6.07 Å². The molecule has 0 spiro atoms. The molecule has 120 valence electrons. The lowest BCUT2D eigenvalue weighted by molar-refractivity contribution is -0.119. The predicted octanol–water partition coefficient (Wildman–Crippen LogP) is 2.82. The number of amides is 3. The molecule has 0 aliphatic carbocycles. The zero-order valence-electron chi connectivity index (χ0n) is 12.7. The number of anilines is 1. The lowest BCUT2D eigenvalue weighted by Crippen LogP contribution is -2.40. The highest BCUT2D eigenvalue weighted by atomic mass is 19.1. The van der Waals surface area contributed by atoms with Gasteiger partial charge >= 0.3 is 6.03 Å². The molecule has 0 aliphatic rings. The molecule has 0 fully saturated rings. The molecule has 3 N–H and O–H groups in total. The molecule has 0 heterocycles. The molecule has 0 bridgehead atoms. The van der Waals surface area contributed by atoms with Gasteiger partial charge in [-0.2, -0.15) is 0 Å². The minimum Gasteiger partial charge on any atom is -0.308 e. The normalized spacial score (nSPS) is 11.6. The van der Waals surface area contributed by atoms with Crippen LogP contribution in [0.4, 0.5) is 14.9 Å². The minimum atomic E-state index is -0.610. The lowest BCUT2D eigenvalue weighted by Gasteiger charge is -2.14. The Morgan fingerprint density at radius 2 is 1.70 bits per heavy atom. The number of imide groups is 1. The molecule has 6 heteroatoms. The Labute approximate surface area is 133 Å². The first kappa shape index (κ1) is 16.6. The van der Waals surface area contributed by atoms with Gasteiger partial charge in [0.05, 0.1) is 6.54 Å². The Morgan fingerprint density at radius 1 is 1.04 bits per heavy atom. The van der Waals surface area contributed by atoms with Gasteiger partial charge in [-0.25, -0.2) is 9.18 Å². The van der Waals surface area contributed by atoms with Crippen molar-refractivity contribution in [1.29, 1.82) is 0 Å². The van der Waals surface area contributed by atoms with Crippen LogP contribution in [-0.2, 0) is 4.79 Å². The topological polar surface area (TPSA) is 70.2 Å². The summed E-state index contributed by atoms with van der Waals surface area (Å²) in [6.45, 7) is 1.65. The number of nitrogens with one attached hydrogen (secondary N) is 3. The maximum Gasteiger partial charge on any atom is 0.325 e. The Balaban J connectivity index is 1.79. The van der Waals surface area contributed by atoms with E-state index in [4.69, 9.17) is 0 Å². The number of halogens is 1. The Hall–Kier alpha value is -2.73. The summed E-state index contributed by atoms with van der Waals surface area (Å²) in [6, 6.07) is 14.2. The van der Waals surface area contributed by atoms with Crippen LogP contribution in [0.5, 0.6) is 0 Å². The second-order valence-electron chi connectivity index (χ2n) is 4.99. The van der Waals surface area contributed by atoms with Gasteiger partial charge in [-0.1, -0.05) is 36.4 Å². The zero-order chi connectivity index (χ0) is 16.7. The van der Waals surface area contributed by atoms with Crippen LogP contribution in [0.3, 0.4) is 0 Å². The summed E-state index contributed by atoms with van der Waals surface area (Å²) in [5.74, 6) is -0.837. The maximum absolute atomic E-state index is 13.6. The molecule has 1 atom stereocenters. The SMILES string of the molecule is CC(NCC(=O)NC(=O)Nc1ccccc1)c1ccccc1F. The van der Waals surface area contributed by atoms with E-state index in [-0.39, 0.29) is 18.4 Å². The van der Waals surface area contributed by atoms with Gasteiger partial charge in [0.2, 0.25) is 5.91 Å². The van der Waals surface area contributed by atoms with Crippen molar-refractivity contribution in [3.8, 4) is 0 Å². The molecule has 2 aromatic rings. The Kier molecular flexibility index (Phi) is 5.82. The fraction of sp³-hybridized carbons (Fsp3) is 0.176. The molecule has 0 radical (unpaired) electrons. The van der Waals surface area contributed by atoms with E-state index in [0.717, 1.165) is 0 Å². The van der Waals surface area contributed by atoms with Gasteiger partial charge in [-0.3, -0.25) is 10.1 Å². The summed E-state index contributed by atoms with van der Waals surface area (Å²) in [5, 5.41) is 7.62. The quantitative estimate of drug-likeness (QED) is 0.794. The van der Waals surface area contributed by atoms with Gasteiger partial charge in [-0.15, -0.1) is 0 Å². The second kappa shape index (κ2) is 8.05. The van der Waals surface area contributed by atoms with Crippen LogP contribution in [0.2, 0.25) is 0 Å². The van der Waals surface area contributed by atoms with Gasteiger partial charge in [0.25, 0.3) is 0 Å². The first-order valence-electron chi connectivity index (χ1n) is 7.20. The molecule has 0 saturated carbocycles. The number of carbonyl (C=O) groups is 2. The van der Waals surface area contributed by atoms with Gasteiger partial charge in [0.1, 0.15) is 5.82 Å². The molecule has 0 saturated heterocycles. The Bertz CT molecular complexity index is 677. The molecular formula is C17H18FN3O2. The highest BCUT2D eigenvalue weighted by Crippen LogP contribution is 2.15. The van der Waals surface area contributed by atoms with E-state index in [1.165, 1.54) is 6.07 Å². The molecule has 3 amide bonds. The summed E-state index contributed by atoms with van der Waals surface area (Å²) >= 11 is 0. The van der Waals surface area contributed by atoms with Crippen molar-refractivity contribution < 1.29 is 14.0 Å². The summed E-state index contributed by atoms with van der Waals surface area (Å²) in [4.78, 5) is 23.4. The first-order valence-corrected chi connectivity index (χ1v) is 7.20. The van der Waals surface area contributed by atoms with Crippen LogP contribution in [0.1, 0.15) is 18.5 Å². The van der Waals surface area contributed by atoms with Crippen LogP contribution < -0.4 is 16.0 Å². The minimum absolute atomic E-state index is 0.0995. The molecule has 0 aromatic heterocycles. The third kappa shape index (κ3) is 5.19. The molecular weight excluding hydrogens is 297 g/mol. The molecule has 0 aliphatic heterocycles. The van der Waals surface area contributed by atoms with E-state index in [0.29, 0.717) is 11.3 Å². The predicted molar refractivity (Wildman–Crippen MR) is 86.4 cm³/mol. The van der Waals surface area contributed by atoms with E-state index >= 15 is 0 Å². The van der Waals surface area contributed by atoms with E-state index in [2.05, 4.69) is 16.0 Å². The molecule has 2 rings (SSSR count). The molecule has 1 unspecified atom stereocenters. The third-order valence-electron chi connectivity index (χ3n) is 3.23. The number of hydrogen-bond acceptors (Lipinski definition) is 3. The average molecular weight is 315 g/mol. The summed E-state index contributed by atoms with van der Waals surface area (Å²) in [5.41, 5.74) is 1.06. The number of carbonyl (C=O) groups excluding carboxylic acids is 2. The van der Waals surface area contributed by atoms with Crippen LogP contribution in [0.25, 0.3) is 0 Å². The van der Waals surface area contributed by atoms with Crippen molar-refractivity contribution >= 4 is 17.6 Å². The van der Waals surface area contributed by atoms with Crippen LogP contribution >= 0.6 is 0 Å². The monoisotopic (exact) mass is 315 g/mol.